The highest BCUT2D eigenvalue weighted by molar-refractivity contribution is 7.13. The summed E-state index contributed by atoms with van der Waals surface area (Å²) in [7, 11) is 0. The average molecular weight is 385 g/mol. The molecule has 0 bridgehead atoms. The Balaban J connectivity index is 1.33. The van der Waals surface area contributed by atoms with Crippen molar-refractivity contribution < 1.29 is 9.18 Å². The van der Waals surface area contributed by atoms with Crippen LogP contribution >= 0.6 is 11.3 Å². The van der Waals surface area contributed by atoms with Crippen molar-refractivity contribution in [1.29, 1.82) is 0 Å². The van der Waals surface area contributed by atoms with Gasteiger partial charge in [0.05, 0.1) is 5.69 Å². The van der Waals surface area contributed by atoms with E-state index >= 15 is 0 Å². The van der Waals surface area contributed by atoms with Gasteiger partial charge >= 0.3 is 0 Å². The first-order chi connectivity index (χ1) is 13.2. The highest BCUT2D eigenvalue weighted by Gasteiger charge is 2.22. The van der Waals surface area contributed by atoms with E-state index < -0.39 is 0 Å². The molecule has 0 saturated carbocycles. The fourth-order valence-corrected chi connectivity index (χ4v) is 4.00. The van der Waals surface area contributed by atoms with Gasteiger partial charge in [-0.3, -0.25) is 9.89 Å². The van der Waals surface area contributed by atoms with Crippen LogP contribution < -0.4 is 10.2 Å². The molecule has 1 aliphatic heterocycles. The minimum atomic E-state index is -0.300. The number of halogens is 1. The van der Waals surface area contributed by atoms with Crippen molar-refractivity contribution in [3.63, 3.8) is 0 Å². The van der Waals surface area contributed by atoms with E-state index in [2.05, 4.69) is 25.4 Å². The zero-order chi connectivity index (χ0) is 18.6. The molecule has 1 saturated heterocycles. The molecule has 4 rings (SSSR count). The lowest BCUT2D eigenvalue weighted by atomic mass is 9.98. The molecule has 2 aromatic heterocycles. The Morgan fingerprint density at radius 2 is 2.22 bits per heavy atom. The number of aromatic nitrogens is 3. The number of benzene rings is 1. The Labute approximate surface area is 160 Å². The fourth-order valence-electron chi connectivity index (χ4n) is 3.32. The predicted molar refractivity (Wildman–Crippen MR) is 103 cm³/mol. The summed E-state index contributed by atoms with van der Waals surface area (Å²) in [4.78, 5) is 19.1. The summed E-state index contributed by atoms with van der Waals surface area (Å²) in [5, 5.41) is 12.9. The second kappa shape index (κ2) is 7.87. The summed E-state index contributed by atoms with van der Waals surface area (Å²) < 4.78 is 13.0. The van der Waals surface area contributed by atoms with Gasteiger partial charge in [0, 0.05) is 36.8 Å². The van der Waals surface area contributed by atoms with Gasteiger partial charge in [-0.15, -0.1) is 11.3 Å². The molecule has 0 spiro atoms. The minimum absolute atomic E-state index is 0.178. The summed E-state index contributed by atoms with van der Waals surface area (Å²) in [6.07, 6.45) is 4.01. The molecule has 1 unspecified atom stereocenters. The number of carbonyl (C=O) groups excluding carboxylic acids is 1. The topological polar surface area (TPSA) is 73.9 Å². The quantitative estimate of drug-likeness (QED) is 0.707. The Morgan fingerprint density at radius 3 is 3.00 bits per heavy atom. The number of anilines is 1. The van der Waals surface area contributed by atoms with Crippen LogP contribution in [0.15, 0.2) is 41.9 Å². The number of nitrogens with zero attached hydrogens (tertiary/aromatic N) is 3. The third-order valence-corrected chi connectivity index (χ3v) is 5.55. The second-order valence-electron chi connectivity index (χ2n) is 6.65. The molecule has 8 heteroatoms. The molecule has 0 aliphatic carbocycles. The zero-order valence-electron chi connectivity index (χ0n) is 14.7. The van der Waals surface area contributed by atoms with Crippen molar-refractivity contribution >= 4 is 22.4 Å². The maximum absolute atomic E-state index is 13.0. The van der Waals surface area contributed by atoms with Crippen LogP contribution in [-0.4, -0.2) is 40.7 Å². The van der Waals surface area contributed by atoms with Gasteiger partial charge in [-0.1, -0.05) is 0 Å². The number of H-pyrrole nitrogens is 1. The minimum Gasteiger partial charge on any atom is -0.350 e. The smallest absolute Gasteiger partial charge is 0.269 e. The van der Waals surface area contributed by atoms with Gasteiger partial charge in [-0.05, 0) is 49.1 Å². The molecule has 1 fully saturated rings. The fraction of sp³-hybridized carbons (Fsp3) is 0.316. The molecule has 0 radical (unpaired) electrons. The van der Waals surface area contributed by atoms with Crippen LogP contribution in [0.5, 0.6) is 0 Å². The van der Waals surface area contributed by atoms with E-state index in [4.69, 9.17) is 0 Å². The highest BCUT2D eigenvalue weighted by atomic mass is 32.1. The average Bonchev–Trinajstić information content (AvgIpc) is 3.39. The molecule has 140 valence electrons. The number of hydrogen-bond donors (Lipinski definition) is 2. The van der Waals surface area contributed by atoms with Gasteiger partial charge in [-0.25, -0.2) is 9.37 Å². The van der Waals surface area contributed by atoms with Crippen LogP contribution in [0.4, 0.5) is 9.52 Å². The second-order valence-corrected chi connectivity index (χ2v) is 7.53. The normalized spacial score (nSPS) is 17.1. The lowest BCUT2D eigenvalue weighted by Crippen LogP contribution is -2.41. The van der Waals surface area contributed by atoms with Crippen molar-refractivity contribution in [2.24, 2.45) is 5.92 Å². The molecule has 1 aromatic carbocycles. The van der Waals surface area contributed by atoms with Crippen molar-refractivity contribution in [3.8, 4) is 11.3 Å². The van der Waals surface area contributed by atoms with Crippen molar-refractivity contribution in [3.05, 3.63) is 53.4 Å². The molecular weight excluding hydrogens is 365 g/mol. The van der Waals surface area contributed by atoms with E-state index in [0.29, 0.717) is 23.9 Å². The van der Waals surface area contributed by atoms with Gasteiger partial charge in [0.2, 0.25) is 0 Å². The van der Waals surface area contributed by atoms with Crippen molar-refractivity contribution in [2.45, 2.75) is 12.8 Å². The Hall–Kier alpha value is -2.74. The van der Waals surface area contributed by atoms with E-state index in [1.54, 1.807) is 29.5 Å². The number of hydrogen-bond acceptors (Lipinski definition) is 5. The molecule has 3 heterocycles. The SMILES string of the molecule is O=C(NCC1CCCN(c2nccs2)C1)c1cc(-c2ccc(F)cc2)n[nH]1. The first kappa shape index (κ1) is 17.7. The zero-order valence-corrected chi connectivity index (χ0v) is 15.5. The maximum Gasteiger partial charge on any atom is 0.269 e. The van der Waals surface area contributed by atoms with Gasteiger partial charge in [0.25, 0.3) is 5.91 Å². The van der Waals surface area contributed by atoms with Gasteiger partial charge in [-0.2, -0.15) is 5.10 Å². The Kier molecular flexibility index (Phi) is 5.15. The molecule has 27 heavy (non-hydrogen) atoms. The molecular formula is C19H20FN5OS. The molecule has 2 N–H and O–H groups in total. The highest BCUT2D eigenvalue weighted by Crippen LogP contribution is 2.24. The number of carbonyl (C=O) groups is 1. The molecule has 1 amide bonds. The summed E-state index contributed by atoms with van der Waals surface area (Å²) >= 11 is 1.64. The van der Waals surface area contributed by atoms with Crippen LogP contribution in [0.3, 0.4) is 0 Å². The van der Waals surface area contributed by atoms with Crippen LogP contribution in [-0.2, 0) is 0 Å². The summed E-state index contributed by atoms with van der Waals surface area (Å²) in [6.45, 7) is 2.53. The third kappa shape index (κ3) is 4.16. The standard InChI is InChI=1S/C19H20FN5OS/c20-15-5-3-14(4-6-15)16-10-17(24-23-16)18(26)22-11-13-2-1-8-25(12-13)19-21-7-9-27-19/h3-7,9-10,13H,1-2,8,11-12H2,(H,22,26)(H,23,24). The molecule has 1 atom stereocenters. The van der Waals surface area contributed by atoms with E-state index in [1.807, 2.05) is 11.6 Å². The number of piperidine rings is 1. The predicted octanol–water partition coefficient (Wildman–Crippen LogP) is 3.32. The molecule has 1 aliphatic rings. The Bertz CT molecular complexity index is 893. The third-order valence-electron chi connectivity index (χ3n) is 4.72. The summed E-state index contributed by atoms with van der Waals surface area (Å²) in [5.41, 5.74) is 1.78. The Morgan fingerprint density at radius 1 is 1.37 bits per heavy atom. The van der Waals surface area contributed by atoms with Crippen LogP contribution in [0.2, 0.25) is 0 Å². The first-order valence-corrected chi connectivity index (χ1v) is 9.81. The van der Waals surface area contributed by atoms with Gasteiger partial charge < -0.3 is 10.2 Å². The number of amides is 1. The van der Waals surface area contributed by atoms with Crippen molar-refractivity contribution in [2.75, 3.05) is 24.5 Å². The number of rotatable bonds is 5. The van der Waals surface area contributed by atoms with Gasteiger partial charge in [0.15, 0.2) is 5.13 Å². The number of nitrogens with one attached hydrogen (secondary N) is 2. The first-order valence-electron chi connectivity index (χ1n) is 8.93. The van der Waals surface area contributed by atoms with Gasteiger partial charge in [0.1, 0.15) is 11.5 Å². The van der Waals surface area contributed by atoms with Crippen LogP contribution in [0, 0.1) is 11.7 Å². The lowest BCUT2D eigenvalue weighted by Gasteiger charge is -2.32. The summed E-state index contributed by atoms with van der Waals surface area (Å²) in [5.74, 6) is -0.0835. The van der Waals surface area contributed by atoms with E-state index in [9.17, 15) is 9.18 Å². The van der Waals surface area contributed by atoms with E-state index in [0.717, 1.165) is 36.6 Å². The maximum atomic E-state index is 13.0. The monoisotopic (exact) mass is 385 g/mol. The van der Waals surface area contributed by atoms with E-state index in [1.165, 1.54) is 12.1 Å². The summed E-state index contributed by atoms with van der Waals surface area (Å²) in [6, 6.07) is 7.72. The van der Waals surface area contributed by atoms with E-state index in [-0.39, 0.29) is 11.7 Å². The van der Waals surface area contributed by atoms with Crippen LogP contribution in [0.25, 0.3) is 11.3 Å². The van der Waals surface area contributed by atoms with Crippen LogP contribution in [0.1, 0.15) is 23.3 Å². The number of thiazole rings is 1. The largest absolute Gasteiger partial charge is 0.350 e. The number of aromatic amines is 1. The van der Waals surface area contributed by atoms with Crippen molar-refractivity contribution in [1.82, 2.24) is 20.5 Å². The lowest BCUT2D eigenvalue weighted by molar-refractivity contribution is 0.0940. The molecule has 6 nitrogen and oxygen atoms in total. The molecule has 3 aromatic rings.